The lowest BCUT2D eigenvalue weighted by molar-refractivity contribution is -0.127. The number of benzene rings is 3. The number of carbonyl (C=O) groups is 1. The number of nitriles is 1. The lowest BCUT2D eigenvalue weighted by Gasteiger charge is -2.16. The Morgan fingerprint density at radius 1 is 1.06 bits per heavy atom. The second-order valence-electron chi connectivity index (χ2n) is 7.67. The molecule has 1 N–H and O–H groups in total. The van der Waals surface area contributed by atoms with Crippen molar-refractivity contribution >= 4 is 5.91 Å². The molecule has 0 fully saturated rings. The van der Waals surface area contributed by atoms with E-state index in [9.17, 15) is 4.79 Å². The van der Waals surface area contributed by atoms with Gasteiger partial charge in [-0.05, 0) is 59.5 Å². The number of carbonyl (C=O) groups excluding carboxylic acids is 1. The van der Waals surface area contributed by atoms with Gasteiger partial charge in [-0.3, -0.25) is 9.48 Å². The van der Waals surface area contributed by atoms with Crippen molar-refractivity contribution in [1.82, 2.24) is 15.1 Å². The molecule has 164 valence electrons. The molecule has 4 rings (SSSR count). The maximum Gasteiger partial charge on any atom is 0.261 e. The van der Waals surface area contributed by atoms with Gasteiger partial charge >= 0.3 is 0 Å². The quantitative estimate of drug-likeness (QED) is 0.439. The molecule has 0 saturated heterocycles. The van der Waals surface area contributed by atoms with Crippen molar-refractivity contribution in [2.75, 3.05) is 0 Å². The Morgan fingerprint density at radius 2 is 1.82 bits per heavy atom. The van der Waals surface area contributed by atoms with E-state index in [1.54, 1.807) is 37.4 Å². The van der Waals surface area contributed by atoms with E-state index in [-0.39, 0.29) is 5.91 Å². The predicted molar refractivity (Wildman–Crippen MR) is 126 cm³/mol. The highest BCUT2D eigenvalue weighted by Gasteiger charge is 2.15. The van der Waals surface area contributed by atoms with Gasteiger partial charge in [0.1, 0.15) is 5.75 Å². The molecule has 1 amide bonds. The molecule has 0 radical (unpaired) electrons. The van der Waals surface area contributed by atoms with Gasteiger partial charge in [-0.25, -0.2) is 0 Å². The first-order chi connectivity index (χ1) is 16.1. The number of nitrogens with one attached hydrogen (secondary N) is 1. The molecule has 0 spiro atoms. The number of aromatic nitrogens is 2. The van der Waals surface area contributed by atoms with Crippen LogP contribution in [-0.2, 0) is 17.9 Å². The van der Waals surface area contributed by atoms with Crippen LogP contribution in [0, 0.1) is 11.3 Å². The number of nitrogens with zero attached hydrogens (tertiary/aromatic N) is 3. The maximum atomic E-state index is 12.6. The summed E-state index contributed by atoms with van der Waals surface area (Å²) >= 11 is 0. The van der Waals surface area contributed by atoms with Gasteiger partial charge in [0.05, 0.1) is 18.2 Å². The van der Waals surface area contributed by atoms with Crippen molar-refractivity contribution in [2.45, 2.75) is 26.1 Å². The van der Waals surface area contributed by atoms with Crippen LogP contribution in [0.1, 0.15) is 23.6 Å². The maximum absolute atomic E-state index is 12.6. The predicted octanol–water partition coefficient (Wildman–Crippen LogP) is 4.55. The molecule has 1 heterocycles. The number of amides is 1. The van der Waals surface area contributed by atoms with Crippen LogP contribution in [0.25, 0.3) is 11.1 Å². The van der Waals surface area contributed by atoms with E-state index in [2.05, 4.69) is 46.8 Å². The van der Waals surface area contributed by atoms with Gasteiger partial charge in [0.15, 0.2) is 6.10 Å². The number of rotatable bonds is 8. The Labute approximate surface area is 193 Å². The highest BCUT2D eigenvalue weighted by atomic mass is 16.5. The molecular weight excluding hydrogens is 412 g/mol. The molecule has 4 aromatic rings. The Bertz CT molecular complexity index is 1240. The molecule has 1 atom stereocenters. The van der Waals surface area contributed by atoms with E-state index in [1.165, 1.54) is 5.56 Å². The summed E-state index contributed by atoms with van der Waals surface area (Å²) in [5.74, 6) is 0.344. The largest absolute Gasteiger partial charge is 0.481 e. The fourth-order valence-electron chi connectivity index (χ4n) is 3.52. The monoisotopic (exact) mass is 436 g/mol. The minimum absolute atomic E-state index is 0.205. The van der Waals surface area contributed by atoms with Crippen molar-refractivity contribution in [3.05, 3.63) is 108 Å². The van der Waals surface area contributed by atoms with Crippen LogP contribution < -0.4 is 10.1 Å². The van der Waals surface area contributed by atoms with Crippen molar-refractivity contribution in [3.8, 4) is 22.9 Å². The molecule has 0 aliphatic rings. The average Bonchev–Trinajstić information content (AvgIpc) is 3.37. The molecular formula is C27H24N4O2. The summed E-state index contributed by atoms with van der Waals surface area (Å²) in [6.07, 6.45) is 3.05. The van der Waals surface area contributed by atoms with Crippen LogP contribution in [0.2, 0.25) is 0 Å². The van der Waals surface area contributed by atoms with Crippen LogP contribution in [0.4, 0.5) is 0 Å². The first-order valence-corrected chi connectivity index (χ1v) is 10.7. The molecule has 6 nitrogen and oxygen atoms in total. The van der Waals surface area contributed by atoms with E-state index in [1.807, 2.05) is 35.1 Å². The molecule has 6 heteroatoms. The fourth-order valence-corrected chi connectivity index (χ4v) is 3.52. The minimum Gasteiger partial charge on any atom is -0.481 e. The minimum atomic E-state index is -0.660. The van der Waals surface area contributed by atoms with Crippen LogP contribution in [0.3, 0.4) is 0 Å². The molecule has 0 saturated carbocycles. The third kappa shape index (κ3) is 5.66. The third-order valence-electron chi connectivity index (χ3n) is 5.30. The number of hydrogen-bond acceptors (Lipinski definition) is 4. The van der Waals surface area contributed by atoms with E-state index in [0.29, 0.717) is 17.9 Å². The second-order valence-corrected chi connectivity index (χ2v) is 7.67. The average molecular weight is 437 g/mol. The Hall–Kier alpha value is -4.37. The summed E-state index contributed by atoms with van der Waals surface area (Å²) in [5, 5.41) is 16.1. The van der Waals surface area contributed by atoms with E-state index < -0.39 is 6.10 Å². The zero-order chi connectivity index (χ0) is 23.0. The molecule has 1 aromatic heterocycles. The number of ether oxygens (including phenoxy) is 1. The standard InChI is InChI=1S/C27H24N4O2/c1-20(33-25-13-9-21(17-28)10-14-25)27(32)29-18-24-5-2-3-6-26(24)23-11-7-22(8-12-23)19-31-16-4-15-30-31/h2-16,20H,18-19H2,1H3,(H,29,32). The van der Waals surface area contributed by atoms with Crippen LogP contribution in [-0.4, -0.2) is 21.8 Å². The Kier molecular flexibility index (Phi) is 6.81. The molecule has 0 aliphatic carbocycles. The molecule has 0 bridgehead atoms. The normalized spacial score (nSPS) is 11.4. The zero-order valence-corrected chi connectivity index (χ0v) is 18.3. The Morgan fingerprint density at radius 3 is 2.52 bits per heavy atom. The van der Waals surface area contributed by atoms with Crippen molar-refractivity contribution in [1.29, 1.82) is 5.26 Å². The molecule has 33 heavy (non-hydrogen) atoms. The summed E-state index contributed by atoms with van der Waals surface area (Å²) in [6.45, 7) is 2.82. The lowest BCUT2D eigenvalue weighted by Crippen LogP contribution is -2.36. The van der Waals surface area contributed by atoms with Gasteiger partial charge in [-0.15, -0.1) is 0 Å². The molecule has 1 unspecified atom stereocenters. The van der Waals surface area contributed by atoms with Gasteiger partial charge in [0.2, 0.25) is 0 Å². The van der Waals surface area contributed by atoms with Crippen molar-refractivity contribution in [2.24, 2.45) is 0 Å². The molecule has 0 aliphatic heterocycles. The topological polar surface area (TPSA) is 79.9 Å². The second kappa shape index (κ2) is 10.3. The lowest BCUT2D eigenvalue weighted by atomic mass is 9.98. The highest BCUT2D eigenvalue weighted by Crippen LogP contribution is 2.24. The summed E-state index contributed by atoms with van der Waals surface area (Å²) in [5.41, 5.74) is 4.90. The van der Waals surface area contributed by atoms with Crippen molar-refractivity contribution < 1.29 is 9.53 Å². The van der Waals surface area contributed by atoms with Crippen LogP contribution >= 0.6 is 0 Å². The van der Waals surface area contributed by atoms with Gasteiger partial charge in [0, 0.05) is 18.9 Å². The van der Waals surface area contributed by atoms with Crippen LogP contribution in [0.15, 0.2) is 91.3 Å². The fraction of sp³-hybridized carbons (Fsp3) is 0.148. The first-order valence-electron chi connectivity index (χ1n) is 10.7. The number of hydrogen-bond donors (Lipinski definition) is 1. The Balaban J connectivity index is 1.39. The highest BCUT2D eigenvalue weighted by molar-refractivity contribution is 5.81. The van der Waals surface area contributed by atoms with E-state index >= 15 is 0 Å². The van der Waals surface area contributed by atoms with Crippen molar-refractivity contribution in [3.63, 3.8) is 0 Å². The SMILES string of the molecule is CC(Oc1ccc(C#N)cc1)C(=O)NCc1ccccc1-c1ccc(Cn2cccn2)cc1. The van der Waals surface area contributed by atoms with Gasteiger partial charge in [-0.2, -0.15) is 10.4 Å². The first kappa shape index (κ1) is 21.8. The summed E-state index contributed by atoms with van der Waals surface area (Å²) < 4.78 is 7.60. The van der Waals surface area contributed by atoms with Gasteiger partial charge < -0.3 is 10.1 Å². The zero-order valence-electron chi connectivity index (χ0n) is 18.3. The summed E-state index contributed by atoms with van der Waals surface area (Å²) in [6, 6.07) is 27.1. The third-order valence-corrected chi connectivity index (χ3v) is 5.30. The smallest absolute Gasteiger partial charge is 0.261 e. The molecule has 3 aromatic carbocycles. The summed E-state index contributed by atoms with van der Waals surface area (Å²) in [4.78, 5) is 12.6. The van der Waals surface area contributed by atoms with E-state index in [0.717, 1.165) is 23.2 Å². The van der Waals surface area contributed by atoms with Gasteiger partial charge in [-0.1, -0.05) is 48.5 Å². The van der Waals surface area contributed by atoms with Crippen LogP contribution in [0.5, 0.6) is 5.75 Å². The van der Waals surface area contributed by atoms with Gasteiger partial charge in [0.25, 0.3) is 5.91 Å². The van der Waals surface area contributed by atoms with E-state index in [4.69, 9.17) is 10.00 Å². The summed E-state index contributed by atoms with van der Waals surface area (Å²) in [7, 11) is 0.